The molecule has 9 heteroatoms. The molecule has 0 aliphatic carbocycles. The van der Waals surface area contributed by atoms with Crippen LogP contribution in [0, 0.1) is 13.8 Å². The number of nitrogens with zero attached hydrogens (tertiary/aromatic N) is 1. The van der Waals surface area contributed by atoms with Gasteiger partial charge in [-0.1, -0.05) is 17.7 Å². The van der Waals surface area contributed by atoms with E-state index in [-0.39, 0.29) is 0 Å². The molecule has 2 rings (SSSR count). The lowest BCUT2D eigenvalue weighted by Crippen LogP contribution is -2.32. The Morgan fingerprint density at radius 2 is 2.00 bits per heavy atom. The van der Waals surface area contributed by atoms with Gasteiger partial charge in [0.1, 0.15) is 6.54 Å². The number of aromatic nitrogens is 2. The fourth-order valence-corrected chi connectivity index (χ4v) is 2.52. The van der Waals surface area contributed by atoms with E-state index in [2.05, 4.69) is 5.32 Å². The van der Waals surface area contributed by atoms with Crippen LogP contribution in [0.15, 0.2) is 34.0 Å². The van der Waals surface area contributed by atoms with Crippen molar-refractivity contribution in [2.75, 3.05) is 11.9 Å². The average molecular weight is 366 g/mol. The van der Waals surface area contributed by atoms with E-state index in [1.807, 2.05) is 18.0 Å². The molecule has 0 atom stereocenters. The van der Waals surface area contributed by atoms with Crippen molar-refractivity contribution in [3.63, 3.8) is 0 Å². The summed E-state index contributed by atoms with van der Waals surface area (Å²) in [6.45, 7) is 2.72. The molecule has 0 bridgehead atoms. The Bertz CT molecular complexity index is 909. The molecule has 0 saturated carbocycles. The summed E-state index contributed by atoms with van der Waals surface area (Å²) in [6, 6.07) is 4.67. The van der Waals surface area contributed by atoms with Crippen molar-refractivity contribution in [3.05, 3.63) is 61.4 Å². The van der Waals surface area contributed by atoms with E-state index >= 15 is 0 Å². The van der Waals surface area contributed by atoms with Gasteiger partial charge in [-0.15, -0.1) is 0 Å². The lowest BCUT2D eigenvalue weighted by Gasteiger charge is -2.12. The normalized spacial score (nSPS) is 10.4. The molecule has 0 fully saturated rings. The fraction of sp³-hybridized carbons (Fsp3) is 0.250. The minimum absolute atomic E-state index is 0.386. The molecule has 0 radical (unpaired) electrons. The number of aromatic amines is 1. The van der Waals surface area contributed by atoms with Crippen LogP contribution >= 0.6 is 11.6 Å². The van der Waals surface area contributed by atoms with Gasteiger partial charge < -0.3 is 10.1 Å². The van der Waals surface area contributed by atoms with Crippen molar-refractivity contribution in [1.29, 1.82) is 0 Å². The van der Waals surface area contributed by atoms with Gasteiger partial charge in [-0.25, -0.2) is 4.79 Å². The Labute approximate surface area is 147 Å². The number of hydrogen-bond acceptors (Lipinski definition) is 5. The molecule has 8 nitrogen and oxygen atoms in total. The first kappa shape index (κ1) is 18.5. The molecule has 1 aromatic heterocycles. The molecule has 2 aromatic rings. The van der Waals surface area contributed by atoms with Crippen LogP contribution in [-0.2, 0) is 20.9 Å². The molecule has 25 heavy (non-hydrogen) atoms. The fourth-order valence-electron chi connectivity index (χ4n) is 2.15. The number of aryl methyl sites for hydroxylation is 2. The molecular weight excluding hydrogens is 350 g/mol. The van der Waals surface area contributed by atoms with Crippen molar-refractivity contribution in [1.82, 2.24) is 9.55 Å². The number of rotatable bonds is 5. The van der Waals surface area contributed by atoms with E-state index in [4.69, 9.17) is 16.3 Å². The first-order chi connectivity index (χ1) is 11.8. The largest absolute Gasteiger partial charge is 0.454 e. The molecule has 1 amide bonds. The monoisotopic (exact) mass is 365 g/mol. The quantitative estimate of drug-likeness (QED) is 0.768. The number of carbonyl (C=O) groups is 2. The van der Waals surface area contributed by atoms with Gasteiger partial charge in [-0.05, 0) is 31.0 Å². The second-order valence-corrected chi connectivity index (χ2v) is 5.79. The van der Waals surface area contributed by atoms with Gasteiger partial charge in [-0.3, -0.25) is 23.9 Å². The summed E-state index contributed by atoms with van der Waals surface area (Å²) in [5.74, 6) is -1.35. The maximum absolute atomic E-state index is 11.9. The number of nitrogens with one attached hydrogen (secondary N) is 2. The molecule has 0 aliphatic rings. The number of carbonyl (C=O) groups excluding carboxylic acids is 2. The Morgan fingerprint density at radius 3 is 2.64 bits per heavy atom. The summed E-state index contributed by atoms with van der Waals surface area (Å²) in [5, 5.41) is 2.97. The van der Waals surface area contributed by atoms with Gasteiger partial charge in [-0.2, -0.15) is 0 Å². The molecule has 0 spiro atoms. The maximum Gasteiger partial charge on any atom is 0.328 e. The number of esters is 1. The first-order valence-electron chi connectivity index (χ1n) is 7.28. The van der Waals surface area contributed by atoms with Crippen LogP contribution < -0.4 is 16.6 Å². The van der Waals surface area contributed by atoms with Gasteiger partial charge in [0.25, 0.3) is 11.5 Å². The number of hydrogen-bond donors (Lipinski definition) is 2. The van der Waals surface area contributed by atoms with Gasteiger partial charge in [0.05, 0.1) is 10.7 Å². The first-order valence-corrected chi connectivity index (χ1v) is 7.66. The SMILES string of the molecule is Cc1cc(C)c(NC(=O)COC(=O)Cn2ccc(=O)[nH]c2=O)c(Cl)c1. The van der Waals surface area contributed by atoms with Crippen molar-refractivity contribution in [2.45, 2.75) is 20.4 Å². The minimum atomic E-state index is -0.795. The highest BCUT2D eigenvalue weighted by atomic mass is 35.5. The molecule has 0 saturated heterocycles. The van der Waals surface area contributed by atoms with E-state index < -0.39 is 36.3 Å². The lowest BCUT2D eigenvalue weighted by molar-refractivity contribution is -0.148. The highest BCUT2D eigenvalue weighted by molar-refractivity contribution is 6.34. The topological polar surface area (TPSA) is 110 Å². The zero-order valence-corrected chi connectivity index (χ0v) is 14.3. The minimum Gasteiger partial charge on any atom is -0.454 e. The van der Waals surface area contributed by atoms with Crippen molar-refractivity contribution in [3.8, 4) is 0 Å². The third-order valence-corrected chi connectivity index (χ3v) is 3.55. The average Bonchev–Trinajstić information content (AvgIpc) is 2.51. The van der Waals surface area contributed by atoms with Crippen molar-refractivity contribution < 1.29 is 14.3 Å². The Kier molecular flexibility index (Phi) is 5.76. The summed E-state index contributed by atoms with van der Waals surface area (Å²) in [4.78, 5) is 48.0. The zero-order valence-electron chi connectivity index (χ0n) is 13.6. The second-order valence-electron chi connectivity index (χ2n) is 5.39. The third-order valence-electron chi connectivity index (χ3n) is 3.26. The van der Waals surface area contributed by atoms with Gasteiger partial charge in [0.2, 0.25) is 0 Å². The summed E-state index contributed by atoms with van der Waals surface area (Å²) < 4.78 is 5.78. The standard InChI is InChI=1S/C16H16ClN3O5/c1-9-5-10(2)15(11(17)6-9)18-13(22)8-25-14(23)7-20-4-3-12(21)19-16(20)24/h3-6H,7-8H2,1-2H3,(H,18,22)(H,19,21,24). The highest BCUT2D eigenvalue weighted by Crippen LogP contribution is 2.27. The Hall–Kier alpha value is -2.87. The van der Waals surface area contributed by atoms with E-state index in [0.717, 1.165) is 28.0 Å². The van der Waals surface area contributed by atoms with Crippen LogP contribution in [0.2, 0.25) is 5.02 Å². The summed E-state index contributed by atoms with van der Waals surface area (Å²) >= 11 is 6.09. The summed E-state index contributed by atoms with van der Waals surface area (Å²) in [7, 11) is 0. The smallest absolute Gasteiger partial charge is 0.328 e. The predicted octanol–water partition coefficient (Wildman–Crippen LogP) is 0.989. The Balaban J connectivity index is 1.93. The molecule has 132 valence electrons. The van der Waals surface area contributed by atoms with Crippen LogP contribution in [0.25, 0.3) is 0 Å². The van der Waals surface area contributed by atoms with Crippen LogP contribution in [0.1, 0.15) is 11.1 Å². The van der Waals surface area contributed by atoms with Gasteiger partial charge in [0.15, 0.2) is 6.61 Å². The molecule has 2 N–H and O–H groups in total. The van der Waals surface area contributed by atoms with Gasteiger partial charge in [0, 0.05) is 12.3 Å². The Morgan fingerprint density at radius 1 is 1.28 bits per heavy atom. The van der Waals surface area contributed by atoms with Crippen LogP contribution in [0.5, 0.6) is 0 Å². The second kappa shape index (κ2) is 7.80. The number of anilines is 1. The van der Waals surface area contributed by atoms with Crippen LogP contribution in [-0.4, -0.2) is 28.0 Å². The molecule has 1 heterocycles. The zero-order chi connectivity index (χ0) is 18.6. The van der Waals surface area contributed by atoms with Crippen LogP contribution in [0.4, 0.5) is 5.69 Å². The molecule has 0 aliphatic heterocycles. The van der Waals surface area contributed by atoms with E-state index in [1.165, 1.54) is 0 Å². The lowest BCUT2D eigenvalue weighted by atomic mass is 10.1. The number of ether oxygens (including phenoxy) is 1. The maximum atomic E-state index is 11.9. The van der Waals surface area contributed by atoms with E-state index in [1.54, 1.807) is 13.0 Å². The van der Waals surface area contributed by atoms with E-state index in [9.17, 15) is 19.2 Å². The molecule has 1 aromatic carbocycles. The van der Waals surface area contributed by atoms with E-state index in [0.29, 0.717) is 10.7 Å². The molecule has 0 unspecified atom stereocenters. The van der Waals surface area contributed by atoms with Crippen molar-refractivity contribution >= 4 is 29.2 Å². The van der Waals surface area contributed by atoms with Crippen molar-refractivity contribution in [2.24, 2.45) is 0 Å². The highest BCUT2D eigenvalue weighted by Gasteiger charge is 2.12. The number of halogens is 1. The number of H-pyrrole nitrogens is 1. The molecular formula is C16H16ClN3O5. The van der Waals surface area contributed by atoms with Crippen LogP contribution in [0.3, 0.4) is 0 Å². The summed E-state index contributed by atoms with van der Waals surface area (Å²) in [5.41, 5.74) is 0.878. The number of benzene rings is 1. The number of amides is 1. The van der Waals surface area contributed by atoms with Gasteiger partial charge >= 0.3 is 11.7 Å². The third kappa shape index (κ3) is 5.05. The summed E-state index contributed by atoms with van der Waals surface area (Å²) in [6.07, 6.45) is 1.16. The predicted molar refractivity (Wildman–Crippen MR) is 91.8 cm³/mol.